The maximum absolute atomic E-state index is 12.7. The van der Waals surface area contributed by atoms with Crippen LogP contribution in [0.4, 0.5) is 5.69 Å². The molecule has 1 amide bonds. The highest BCUT2D eigenvalue weighted by Gasteiger charge is 2.23. The highest BCUT2D eigenvalue weighted by molar-refractivity contribution is 6.03. The molecule has 0 unspecified atom stereocenters. The molecule has 1 aliphatic rings. The van der Waals surface area contributed by atoms with Crippen LogP contribution in [0.15, 0.2) is 30.3 Å². The Morgan fingerprint density at radius 3 is 2.80 bits per heavy atom. The summed E-state index contributed by atoms with van der Waals surface area (Å²) in [7, 11) is 0. The van der Waals surface area contributed by atoms with Gasteiger partial charge in [-0.2, -0.15) is 5.10 Å². The van der Waals surface area contributed by atoms with Gasteiger partial charge in [0.2, 0.25) is 0 Å². The lowest BCUT2D eigenvalue weighted by atomic mass is 10.1. The second kappa shape index (κ2) is 7.48. The standard InChI is InChI=1S/C18H21N3O4/c1-12-9-16(21(20-12)15-5-7-25-8-6-15)18(24)19-14-4-2-3-13(10-14)11-17(22)23/h2-4,9-10,15H,5-8,11H2,1H3,(H,19,24)(H,22,23). The fourth-order valence-electron chi connectivity index (χ4n) is 3.02. The van der Waals surface area contributed by atoms with Crippen LogP contribution in [-0.4, -0.2) is 40.0 Å². The molecule has 7 nitrogen and oxygen atoms in total. The second-order valence-corrected chi connectivity index (χ2v) is 6.18. The minimum Gasteiger partial charge on any atom is -0.481 e. The summed E-state index contributed by atoms with van der Waals surface area (Å²) in [4.78, 5) is 23.5. The van der Waals surface area contributed by atoms with E-state index in [4.69, 9.17) is 9.84 Å². The Morgan fingerprint density at radius 2 is 2.08 bits per heavy atom. The topological polar surface area (TPSA) is 93.5 Å². The van der Waals surface area contributed by atoms with Crippen LogP contribution in [0.25, 0.3) is 0 Å². The maximum Gasteiger partial charge on any atom is 0.307 e. The number of hydrogen-bond acceptors (Lipinski definition) is 4. The largest absolute Gasteiger partial charge is 0.481 e. The lowest BCUT2D eigenvalue weighted by Gasteiger charge is -2.24. The molecule has 2 aromatic rings. The summed E-state index contributed by atoms with van der Waals surface area (Å²) >= 11 is 0. The number of aliphatic carboxylic acids is 1. The molecule has 1 fully saturated rings. The van der Waals surface area contributed by atoms with E-state index in [0.717, 1.165) is 18.5 Å². The van der Waals surface area contributed by atoms with Crippen molar-refractivity contribution in [3.63, 3.8) is 0 Å². The number of amides is 1. The van der Waals surface area contributed by atoms with Crippen LogP contribution >= 0.6 is 0 Å². The SMILES string of the molecule is Cc1cc(C(=O)Nc2cccc(CC(=O)O)c2)n(C2CCOCC2)n1. The fourth-order valence-corrected chi connectivity index (χ4v) is 3.02. The van der Waals surface area contributed by atoms with E-state index in [1.807, 2.05) is 6.92 Å². The molecule has 0 spiro atoms. The molecule has 25 heavy (non-hydrogen) atoms. The normalized spacial score (nSPS) is 15.1. The Labute approximate surface area is 145 Å². The lowest BCUT2D eigenvalue weighted by molar-refractivity contribution is -0.136. The number of carbonyl (C=O) groups is 2. The van der Waals surface area contributed by atoms with E-state index >= 15 is 0 Å². The molecule has 0 atom stereocenters. The van der Waals surface area contributed by atoms with Gasteiger partial charge >= 0.3 is 5.97 Å². The zero-order chi connectivity index (χ0) is 17.8. The van der Waals surface area contributed by atoms with Crippen molar-refractivity contribution < 1.29 is 19.4 Å². The molecule has 7 heteroatoms. The summed E-state index contributed by atoms with van der Waals surface area (Å²) in [5, 5.41) is 16.2. The summed E-state index contributed by atoms with van der Waals surface area (Å²) in [6.45, 7) is 3.20. The number of ether oxygens (including phenoxy) is 1. The average Bonchev–Trinajstić information content (AvgIpc) is 2.97. The van der Waals surface area contributed by atoms with Crippen LogP contribution in [-0.2, 0) is 16.0 Å². The summed E-state index contributed by atoms with van der Waals surface area (Å²) in [6.07, 6.45) is 1.58. The fraction of sp³-hybridized carbons (Fsp3) is 0.389. The Bertz CT molecular complexity index is 778. The van der Waals surface area contributed by atoms with Crippen molar-refractivity contribution in [2.75, 3.05) is 18.5 Å². The lowest BCUT2D eigenvalue weighted by Crippen LogP contribution is -2.25. The van der Waals surface area contributed by atoms with Crippen LogP contribution in [0.5, 0.6) is 0 Å². The van der Waals surface area contributed by atoms with Crippen molar-refractivity contribution in [3.05, 3.63) is 47.3 Å². The number of nitrogens with zero attached hydrogens (tertiary/aromatic N) is 2. The van der Waals surface area contributed by atoms with Crippen LogP contribution in [0.2, 0.25) is 0 Å². The van der Waals surface area contributed by atoms with Crippen molar-refractivity contribution in [2.45, 2.75) is 32.2 Å². The van der Waals surface area contributed by atoms with E-state index in [-0.39, 0.29) is 18.4 Å². The maximum atomic E-state index is 12.7. The van der Waals surface area contributed by atoms with Gasteiger partial charge in [0.05, 0.1) is 18.2 Å². The number of rotatable bonds is 5. The average molecular weight is 343 g/mol. The molecule has 1 saturated heterocycles. The monoisotopic (exact) mass is 343 g/mol. The summed E-state index contributed by atoms with van der Waals surface area (Å²) < 4.78 is 7.17. The zero-order valence-corrected chi connectivity index (χ0v) is 14.1. The van der Waals surface area contributed by atoms with E-state index in [0.29, 0.717) is 30.2 Å². The molecule has 2 heterocycles. The summed E-state index contributed by atoms with van der Waals surface area (Å²) in [5.41, 5.74) is 2.50. The molecule has 1 aromatic heterocycles. The second-order valence-electron chi connectivity index (χ2n) is 6.18. The van der Waals surface area contributed by atoms with Gasteiger partial charge in [-0.1, -0.05) is 12.1 Å². The van der Waals surface area contributed by atoms with Crippen molar-refractivity contribution >= 4 is 17.6 Å². The first kappa shape index (κ1) is 17.2. The van der Waals surface area contributed by atoms with Gasteiger partial charge in [0, 0.05) is 18.9 Å². The number of anilines is 1. The smallest absolute Gasteiger partial charge is 0.307 e. The Morgan fingerprint density at radius 1 is 1.32 bits per heavy atom. The molecule has 0 aliphatic carbocycles. The molecule has 1 aliphatic heterocycles. The number of aromatic nitrogens is 2. The van der Waals surface area contributed by atoms with Gasteiger partial charge in [0.1, 0.15) is 5.69 Å². The number of hydrogen-bond donors (Lipinski definition) is 2. The van der Waals surface area contributed by atoms with Gasteiger partial charge < -0.3 is 15.2 Å². The first-order valence-electron chi connectivity index (χ1n) is 8.29. The third-order valence-electron chi connectivity index (χ3n) is 4.17. The highest BCUT2D eigenvalue weighted by atomic mass is 16.5. The Hall–Kier alpha value is -2.67. The molecule has 0 saturated carbocycles. The third-order valence-corrected chi connectivity index (χ3v) is 4.17. The number of benzene rings is 1. The minimum atomic E-state index is -0.906. The quantitative estimate of drug-likeness (QED) is 0.869. The molecule has 0 bridgehead atoms. The van der Waals surface area contributed by atoms with Gasteiger partial charge in [-0.15, -0.1) is 0 Å². The predicted octanol–water partition coefficient (Wildman–Crippen LogP) is 2.42. The van der Waals surface area contributed by atoms with Crippen LogP contribution in [0.3, 0.4) is 0 Å². The highest BCUT2D eigenvalue weighted by Crippen LogP contribution is 2.23. The predicted molar refractivity (Wildman–Crippen MR) is 91.8 cm³/mol. The number of aryl methyl sites for hydroxylation is 1. The molecular formula is C18H21N3O4. The molecule has 3 rings (SSSR count). The number of carboxylic acids is 1. The Kier molecular flexibility index (Phi) is 5.14. The van der Waals surface area contributed by atoms with Gasteiger partial charge in [-0.3, -0.25) is 14.3 Å². The van der Waals surface area contributed by atoms with E-state index in [2.05, 4.69) is 10.4 Å². The van der Waals surface area contributed by atoms with Crippen LogP contribution < -0.4 is 5.32 Å². The summed E-state index contributed by atoms with van der Waals surface area (Å²) in [5.74, 6) is -1.16. The van der Waals surface area contributed by atoms with Crippen molar-refractivity contribution in [1.82, 2.24) is 9.78 Å². The van der Waals surface area contributed by atoms with Gasteiger partial charge in [-0.05, 0) is 43.5 Å². The summed E-state index contributed by atoms with van der Waals surface area (Å²) in [6, 6.07) is 8.79. The van der Waals surface area contributed by atoms with Crippen molar-refractivity contribution in [3.8, 4) is 0 Å². The van der Waals surface area contributed by atoms with E-state index in [9.17, 15) is 9.59 Å². The van der Waals surface area contributed by atoms with Gasteiger partial charge in [0.15, 0.2) is 0 Å². The van der Waals surface area contributed by atoms with Gasteiger partial charge in [-0.25, -0.2) is 0 Å². The molecule has 1 aromatic carbocycles. The van der Waals surface area contributed by atoms with E-state index in [1.54, 1.807) is 35.0 Å². The number of carboxylic acid groups (broad SMARTS) is 1. The number of nitrogens with one attached hydrogen (secondary N) is 1. The minimum absolute atomic E-state index is 0.0805. The van der Waals surface area contributed by atoms with E-state index in [1.165, 1.54) is 0 Å². The first-order valence-corrected chi connectivity index (χ1v) is 8.29. The van der Waals surface area contributed by atoms with Crippen molar-refractivity contribution in [1.29, 1.82) is 0 Å². The third kappa shape index (κ3) is 4.24. The molecule has 0 radical (unpaired) electrons. The molecule has 2 N–H and O–H groups in total. The zero-order valence-electron chi connectivity index (χ0n) is 14.1. The molecular weight excluding hydrogens is 322 g/mol. The van der Waals surface area contributed by atoms with Crippen molar-refractivity contribution in [2.24, 2.45) is 0 Å². The Balaban J connectivity index is 1.78. The molecule has 132 valence electrons. The van der Waals surface area contributed by atoms with Crippen LogP contribution in [0.1, 0.15) is 40.6 Å². The van der Waals surface area contributed by atoms with Gasteiger partial charge in [0.25, 0.3) is 5.91 Å². The van der Waals surface area contributed by atoms with Crippen LogP contribution in [0, 0.1) is 6.92 Å². The first-order chi connectivity index (χ1) is 12.0. The number of carbonyl (C=O) groups excluding carboxylic acids is 1. The van der Waals surface area contributed by atoms with E-state index < -0.39 is 5.97 Å².